The minimum atomic E-state index is -0.215. The van der Waals surface area contributed by atoms with E-state index in [0.29, 0.717) is 41.8 Å². The van der Waals surface area contributed by atoms with Gasteiger partial charge in [-0.25, -0.2) is 0 Å². The Morgan fingerprint density at radius 2 is 1.89 bits per heavy atom. The van der Waals surface area contributed by atoms with Gasteiger partial charge in [-0.2, -0.15) is 16.3 Å². The minimum absolute atomic E-state index is 0.147. The normalized spacial score (nSPS) is 10.6. The van der Waals surface area contributed by atoms with Gasteiger partial charge in [-0.1, -0.05) is 16.8 Å². The van der Waals surface area contributed by atoms with Crippen LogP contribution in [0.5, 0.6) is 0 Å². The molecule has 0 unspecified atom stereocenters. The molecule has 0 radical (unpaired) electrons. The molecule has 2 aromatic heterocycles. The van der Waals surface area contributed by atoms with Crippen molar-refractivity contribution in [1.82, 2.24) is 20.8 Å². The number of carbonyl (C=O) groups excluding carboxylic acids is 2. The first-order valence-corrected chi connectivity index (χ1v) is 9.59. The Hall–Kier alpha value is -2.71. The number of aromatic nitrogens is 2. The van der Waals surface area contributed by atoms with Crippen LogP contribution in [0.4, 0.5) is 0 Å². The van der Waals surface area contributed by atoms with E-state index in [1.165, 1.54) is 0 Å². The average molecular weight is 405 g/mol. The van der Waals surface area contributed by atoms with Crippen LogP contribution in [0, 0.1) is 0 Å². The highest BCUT2D eigenvalue weighted by Gasteiger charge is 2.11. The maximum absolute atomic E-state index is 11.9. The van der Waals surface area contributed by atoms with E-state index in [1.54, 1.807) is 35.6 Å². The number of amides is 2. The van der Waals surface area contributed by atoms with Gasteiger partial charge in [0, 0.05) is 47.5 Å². The number of hydrogen-bond donors (Lipinski definition) is 2. The molecule has 0 aliphatic heterocycles. The summed E-state index contributed by atoms with van der Waals surface area (Å²) in [5, 5.41) is 13.8. The van der Waals surface area contributed by atoms with Gasteiger partial charge in [-0.15, -0.1) is 0 Å². The molecule has 2 heterocycles. The second-order valence-electron chi connectivity index (χ2n) is 5.64. The van der Waals surface area contributed by atoms with Gasteiger partial charge in [0.25, 0.3) is 5.91 Å². The van der Waals surface area contributed by atoms with Gasteiger partial charge in [0.1, 0.15) is 0 Å². The summed E-state index contributed by atoms with van der Waals surface area (Å²) in [6.07, 6.45) is 0.594. The summed E-state index contributed by atoms with van der Waals surface area (Å²) in [5.74, 6) is 0.581. The predicted molar refractivity (Wildman–Crippen MR) is 103 cm³/mol. The number of aryl methyl sites for hydroxylation is 1. The lowest BCUT2D eigenvalue weighted by Gasteiger charge is -2.07. The maximum Gasteiger partial charge on any atom is 0.251 e. The first kappa shape index (κ1) is 19.1. The fourth-order valence-corrected chi connectivity index (χ4v) is 3.02. The van der Waals surface area contributed by atoms with Crippen molar-refractivity contribution in [1.29, 1.82) is 0 Å². The van der Waals surface area contributed by atoms with Crippen LogP contribution in [-0.4, -0.2) is 35.0 Å². The molecule has 140 valence electrons. The second kappa shape index (κ2) is 9.29. The van der Waals surface area contributed by atoms with Crippen molar-refractivity contribution >= 4 is 34.8 Å². The van der Waals surface area contributed by atoms with E-state index >= 15 is 0 Å². The van der Waals surface area contributed by atoms with Crippen molar-refractivity contribution < 1.29 is 14.1 Å². The van der Waals surface area contributed by atoms with Crippen LogP contribution in [0.2, 0.25) is 5.02 Å². The largest absolute Gasteiger partial charge is 0.354 e. The van der Waals surface area contributed by atoms with Gasteiger partial charge in [-0.3, -0.25) is 9.59 Å². The molecule has 27 heavy (non-hydrogen) atoms. The molecule has 0 saturated carbocycles. The summed E-state index contributed by atoms with van der Waals surface area (Å²) >= 11 is 7.34. The monoisotopic (exact) mass is 404 g/mol. The lowest BCUT2D eigenvalue weighted by molar-refractivity contribution is -0.121. The van der Waals surface area contributed by atoms with Gasteiger partial charge >= 0.3 is 0 Å². The van der Waals surface area contributed by atoms with Gasteiger partial charge in [0.15, 0.2) is 0 Å². The van der Waals surface area contributed by atoms with E-state index in [0.717, 1.165) is 5.56 Å². The quantitative estimate of drug-likeness (QED) is 0.562. The molecule has 2 amide bonds. The number of benzene rings is 1. The van der Waals surface area contributed by atoms with Gasteiger partial charge in [-0.05, 0) is 35.7 Å². The molecule has 7 nitrogen and oxygen atoms in total. The fourth-order valence-electron chi connectivity index (χ4n) is 2.26. The van der Waals surface area contributed by atoms with Crippen LogP contribution in [0.1, 0.15) is 22.7 Å². The third kappa shape index (κ3) is 5.63. The summed E-state index contributed by atoms with van der Waals surface area (Å²) in [6.45, 7) is 0.665. The summed E-state index contributed by atoms with van der Waals surface area (Å²) in [5.41, 5.74) is 1.42. The molecule has 2 N–H and O–H groups in total. The Morgan fingerprint density at radius 3 is 2.63 bits per heavy atom. The lowest BCUT2D eigenvalue weighted by atomic mass is 10.2. The first-order chi connectivity index (χ1) is 13.1. The smallest absolute Gasteiger partial charge is 0.251 e. The Balaban J connectivity index is 1.34. The Morgan fingerprint density at radius 1 is 1.11 bits per heavy atom. The fraction of sp³-hybridized carbons (Fsp3) is 0.222. The van der Waals surface area contributed by atoms with Crippen LogP contribution in [0.15, 0.2) is 45.6 Å². The number of halogens is 1. The van der Waals surface area contributed by atoms with Crippen molar-refractivity contribution in [2.24, 2.45) is 0 Å². The molecule has 0 saturated heterocycles. The zero-order chi connectivity index (χ0) is 19.1. The van der Waals surface area contributed by atoms with E-state index in [1.807, 2.05) is 16.8 Å². The van der Waals surface area contributed by atoms with E-state index in [9.17, 15) is 9.59 Å². The topological polar surface area (TPSA) is 97.1 Å². The molecule has 9 heteroatoms. The van der Waals surface area contributed by atoms with Crippen molar-refractivity contribution in [3.63, 3.8) is 0 Å². The Bertz CT molecular complexity index is 894. The van der Waals surface area contributed by atoms with Crippen molar-refractivity contribution in [2.45, 2.75) is 12.8 Å². The molecule has 0 atom stereocenters. The van der Waals surface area contributed by atoms with Gasteiger partial charge in [0.2, 0.25) is 17.6 Å². The van der Waals surface area contributed by atoms with E-state index in [2.05, 4.69) is 20.8 Å². The molecule has 0 aliphatic carbocycles. The second-order valence-corrected chi connectivity index (χ2v) is 6.85. The number of thiophene rings is 1. The van der Waals surface area contributed by atoms with E-state index in [4.69, 9.17) is 16.1 Å². The summed E-state index contributed by atoms with van der Waals surface area (Å²) < 4.78 is 5.15. The van der Waals surface area contributed by atoms with Crippen molar-refractivity contribution in [3.8, 4) is 11.4 Å². The van der Waals surface area contributed by atoms with Crippen LogP contribution in [0.3, 0.4) is 0 Å². The number of nitrogens with zero attached hydrogens (tertiary/aromatic N) is 2. The molecular formula is C18H17ClN4O3S. The van der Waals surface area contributed by atoms with Crippen molar-refractivity contribution in [3.05, 3.63) is 57.6 Å². The molecule has 0 bridgehead atoms. The maximum atomic E-state index is 11.9. The first-order valence-electron chi connectivity index (χ1n) is 8.27. The SMILES string of the molecule is O=C(CCc1nc(-c2ccsc2)no1)NCCNC(=O)c1ccc(Cl)cc1. The number of nitrogens with one attached hydrogen (secondary N) is 2. The van der Waals surface area contributed by atoms with Crippen molar-refractivity contribution in [2.75, 3.05) is 13.1 Å². The Labute approximate surface area is 164 Å². The molecule has 0 fully saturated rings. The average Bonchev–Trinajstić information content (AvgIpc) is 3.35. The zero-order valence-corrected chi connectivity index (χ0v) is 15.8. The third-order valence-corrected chi connectivity index (χ3v) is 4.59. The van der Waals surface area contributed by atoms with E-state index in [-0.39, 0.29) is 18.2 Å². The summed E-state index contributed by atoms with van der Waals surface area (Å²) in [7, 11) is 0. The third-order valence-electron chi connectivity index (χ3n) is 3.65. The highest BCUT2D eigenvalue weighted by Crippen LogP contribution is 2.18. The predicted octanol–water partition coefficient (Wildman–Crippen LogP) is 2.93. The number of carbonyl (C=O) groups is 2. The Kier molecular flexibility index (Phi) is 6.56. The lowest BCUT2D eigenvalue weighted by Crippen LogP contribution is -2.34. The van der Waals surface area contributed by atoms with Crippen LogP contribution in [0.25, 0.3) is 11.4 Å². The molecule has 3 aromatic rings. The van der Waals surface area contributed by atoms with Crippen LogP contribution in [-0.2, 0) is 11.2 Å². The standard InChI is InChI=1S/C18H17ClN4O3S/c19-14-3-1-12(2-4-14)18(25)21-9-8-20-15(24)5-6-16-22-17(23-26-16)13-7-10-27-11-13/h1-4,7,10-11H,5-6,8-9H2,(H,20,24)(H,21,25). The molecule has 3 rings (SSSR count). The van der Waals surface area contributed by atoms with E-state index < -0.39 is 0 Å². The van der Waals surface area contributed by atoms with Gasteiger partial charge in [0.05, 0.1) is 0 Å². The molecule has 0 aliphatic rings. The minimum Gasteiger partial charge on any atom is -0.354 e. The van der Waals surface area contributed by atoms with Crippen LogP contribution >= 0.6 is 22.9 Å². The molecule has 0 spiro atoms. The zero-order valence-electron chi connectivity index (χ0n) is 14.3. The highest BCUT2D eigenvalue weighted by atomic mass is 35.5. The number of hydrogen-bond acceptors (Lipinski definition) is 6. The summed E-state index contributed by atoms with van der Waals surface area (Å²) in [4.78, 5) is 28.1. The molecular weight excluding hydrogens is 388 g/mol. The van der Waals surface area contributed by atoms with Gasteiger partial charge < -0.3 is 15.2 Å². The highest BCUT2D eigenvalue weighted by molar-refractivity contribution is 7.08. The summed E-state index contributed by atoms with van der Waals surface area (Å²) in [6, 6.07) is 8.50. The van der Waals surface area contributed by atoms with Crippen LogP contribution < -0.4 is 10.6 Å². The number of rotatable bonds is 8. The molecule has 1 aromatic carbocycles.